The average Bonchev–Trinajstić information content (AvgIpc) is 2.70. The Morgan fingerprint density at radius 3 is 2.69 bits per heavy atom. The standard InChI is InChI=1S/C12H10FNO2/c13-11-4-2-1-3-9(11)7-14-6-5-10(8-14)12(15)16/h1-6,8H,7H2,(H,15,16). The van der Waals surface area contributed by atoms with Gasteiger partial charge in [0.25, 0.3) is 0 Å². The molecule has 82 valence electrons. The summed E-state index contributed by atoms with van der Waals surface area (Å²) in [6.07, 6.45) is 3.10. The lowest BCUT2D eigenvalue weighted by Gasteiger charge is -2.03. The SMILES string of the molecule is O=C(O)c1ccn(Cc2ccccc2F)c1. The lowest BCUT2D eigenvalue weighted by Crippen LogP contribution is -2.00. The molecule has 0 saturated carbocycles. The molecule has 0 aliphatic rings. The number of hydrogen-bond donors (Lipinski definition) is 1. The lowest BCUT2D eigenvalue weighted by atomic mass is 10.2. The van der Waals surface area contributed by atoms with Crippen molar-refractivity contribution < 1.29 is 14.3 Å². The molecule has 1 aromatic heterocycles. The van der Waals surface area contributed by atoms with E-state index in [0.29, 0.717) is 12.1 Å². The Bertz CT molecular complexity index is 519. The van der Waals surface area contributed by atoms with Gasteiger partial charge in [-0.3, -0.25) is 0 Å². The predicted octanol–water partition coefficient (Wildman–Crippen LogP) is 2.37. The fraction of sp³-hybridized carbons (Fsp3) is 0.0833. The van der Waals surface area contributed by atoms with Gasteiger partial charge in [-0.1, -0.05) is 18.2 Å². The van der Waals surface area contributed by atoms with Gasteiger partial charge in [-0.2, -0.15) is 0 Å². The van der Waals surface area contributed by atoms with Crippen molar-refractivity contribution in [1.29, 1.82) is 0 Å². The molecular formula is C12H10FNO2. The van der Waals surface area contributed by atoms with E-state index >= 15 is 0 Å². The van der Waals surface area contributed by atoms with E-state index in [1.807, 2.05) is 0 Å². The molecule has 2 aromatic rings. The molecule has 2 rings (SSSR count). The molecule has 4 heteroatoms. The maximum absolute atomic E-state index is 13.3. The van der Waals surface area contributed by atoms with E-state index in [1.165, 1.54) is 18.3 Å². The van der Waals surface area contributed by atoms with Gasteiger partial charge < -0.3 is 9.67 Å². The van der Waals surface area contributed by atoms with Crippen LogP contribution in [-0.2, 0) is 6.54 Å². The first-order valence-electron chi connectivity index (χ1n) is 4.79. The Morgan fingerprint density at radius 1 is 1.31 bits per heavy atom. The van der Waals surface area contributed by atoms with E-state index in [4.69, 9.17) is 5.11 Å². The van der Waals surface area contributed by atoms with Gasteiger partial charge in [-0.15, -0.1) is 0 Å². The second-order valence-electron chi connectivity index (χ2n) is 3.47. The number of carbonyl (C=O) groups is 1. The van der Waals surface area contributed by atoms with E-state index in [1.54, 1.807) is 29.0 Å². The van der Waals surface area contributed by atoms with Gasteiger partial charge in [0.05, 0.1) is 5.56 Å². The summed E-state index contributed by atoms with van der Waals surface area (Å²) in [5, 5.41) is 8.73. The number of nitrogens with zero attached hydrogens (tertiary/aromatic N) is 1. The molecule has 0 spiro atoms. The van der Waals surface area contributed by atoms with E-state index < -0.39 is 5.97 Å². The zero-order chi connectivity index (χ0) is 11.5. The molecule has 0 aliphatic carbocycles. The van der Waals surface area contributed by atoms with Crippen molar-refractivity contribution in [2.24, 2.45) is 0 Å². The van der Waals surface area contributed by atoms with Crippen LogP contribution in [0.5, 0.6) is 0 Å². The maximum atomic E-state index is 13.3. The zero-order valence-corrected chi connectivity index (χ0v) is 8.43. The van der Waals surface area contributed by atoms with E-state index in [9.17, 15) is 9.18 Å². The molecule has 0 bridgehead atoms. The normalized spacial score (nSPS) is 10.3. The summed E-state index contributed by atoms with van der Waals surface area (Å²) in [4.78, 5) is 10.6. The Kier molecular flexibility index (Phi) is 2.72. The highest BCUT2D eigenvalue weighted by Gasteiger charge is 2.06. The molecular weight excluding hydrogens is 209 g/mol. The van der Waals surface area contributed by atoms with E-state index in [-0.39, 0.29) is 11.4 Å². The first kappa shape index (κ1) is 10.4. The second-order valence-corrected chi connectivity index (χ2v) is 3.47. The smallest absolute Gasteiger partial charge is 0.337 e. The summed E-state index contributed by atoms with van der Waals surface area (Å²) in [7, 11) is 0. The van der Waals surface area contributed by atoms with Crippen molar-refractivity contribution >= 4 is 5.97 Å². The third-order valence-electron chi connectivity index (χ3n) is 2.31. The van der Waals surface area contributed by atoms with Crippen LogP contribution in [0.1, 0.15) is 15.9 Å². The van der Waals surface area contributed by atoms with Gasteiger partial charge >= 0.3 is 5.97 Å². The zero-order valence-electron chi connectivity index (χ0n) is 8.43. The number of carboxylic acids is 1. The van der Waals surface area contributed by atoms with Gasteiger partial charge in [0.2, 0.25) is 0 Å². The molecule has 0 unspecified atom stereocenters. The molecule has 0 amide bonds. The van der Waals surface area contributed by atoms with Crippen molar-refractivity contribution in [1.82, 2.24) is 4.57 Å². The van der Waals surface area contributed by atoms with Crippen molar-refractivity contribution in [3.8, 4) is 0 Å². The molecule has 1 heterocycles. The van der Waals surface area contributed by atoms with Crippen LogP contribution >= 0.6 is 0 Å². The molecule has 1 N–H and O–H groups in total. The molecule has 0 atom stereocenters. The topological polar surface area (TPSA) is 42.2 Å². The van der Waals surface area contributed by atoms with Gasteiger partial charge in [-0.05, 0) is 12.1 Å². The highest BCUT2D eigenvalue weighted by Crippen LogP contribution is 2.10. The van der Waals surface area contributed by atoms with Crippen molar-refractivity contribution in [2.75, 3.05) is 0 Å². The van der Waals surface area contributed by atoms with E-state index in [0.717, 1.165) is 0 Å². The fourth-order valence-corrected chi connectivity index (χ4v) is 1.49. The first-order valence-corrected chi connectivity index (χ1v) is 4.79. The monoisotopic (exact) mass is 219 g/mol. The Hall–Kier alpha value is -2.10. The number of benzene rings is 1. The van der Waals surface area contributed by atoms with E-state index in [2.05, 4.69) is 0 Å². The molecule has 0 saturated heterocycles. The largest absolute Gasteiger partial charge is 0.478 e. The van der Waals surface area contributed by atoms with Gasteiger partial charge in [0.1, 0.15) is 5.82 Å². The quantitative estimate of drug-likeness (QED) is 0.861. The predicted molar refractivity (Wildman–Crippen MR) is 56.9 cm³/mol. The van der Waals surface area contributed by atoms with Crippen LogP contribution in [0, 0.1) is 5.82 Å². The first-order chi connectivity index (χ1) is 7.66. The number of rotatable bonds is 3. The highest BCUT2D eigenvalue weighted by atomic mass is 19.1. The Morgan fingerprint density at radius 2 is 2.06 bits per heavy atom. The summed E-state index contributed by atoms with van der Waals surface area (Å²) in [6, 6.07) is 7.92. The fourth-order valence-electron chi connectivity index (χ4n) is 1.49. The number of carboxylic acid groups (broad SMARTS) is 1. The average molecular weight is 219 g/mol. The summed E-state index contributed by atoms with van der Waals surface area (Å²) >= 11 is 0. The minimum absolute atomic E-state index is 0.205. The molecule has 3 nitrogen and oxygen atoms in total. The molecule has 16 heavy (non-hydrogen) atoms. The molecule has 1 aromatic carbocycles. The summed E-state index contributed by atoms with van der Waals surface area (Å²) < 4.78 is 15.0. The second kappa shape index (κ2) is 4.18. The van der Waals surface area contributed by atoms with Crippen LogP contribution in [0.2, 0.25) is 0 Å². The lowest BCUT2D eigenvalue weighted by molar-refractivity contribution is 0.0697. The highest BCUT2D eigenvalue weighted by molar-refractivity contribution is 5.87. The summed E-state index contributed by atoms with van der Waals surface area (Å²) in [6.45, 7) is 0.333. The molecule has 0 aliphatic heterocycles. The van der Waals surface area contributed by atoms with Crippen LogP contribution in [0.4, 0.5) is 4.39 Å². The Labute approximate surface area is 91.8 Å². The van der Waals surface area contributed by atoms with Gasteiger partial charge in [-0.25, -0.2) is 9.18 Å². The molecule has 0 radical (unpaired) electrons. The van der Waals surface area contributed by atoms with Crippen LogP contribution < -0.4 is 0 Å². The third-order valence-corrected chi connectivity index (χ3v) is 2.31. The Balaban J connectivity index is 2.21. The number of aromatic carboxylic acids is 1. The van der Waals surface area contributed by atoms with Crippen LogP contribution in [0.3, 0.4) is 0 Å². The van der Waals surface area contributed by atoms with Crippen molar-refractivity contribution in [3.63, 3.8) is 0 Å². The number of hydrogen-bond acceptors (Lipinski definition) is 1. The van der Waals surface area contributed by atoms with Crippen LogP contribution in [-0.4, -0.2) is 15.6 Å². The minimum atomic E-state index is -0.979. The summed E-state index contributed by atoms with van der Waals surface area (Å²) in [5.74, 6) is -1.26. The molecule has 0 fully saturated rings. The maximum Gasteiger partial charge on any atom is 0.337 e. The minimum Gasteiger partial charge on any atom is -0.478 e. The third kappa shape index (κ3) is 2.11. The summed E-state index contributed by atoms with van der Waals surface area (Å²) in [5.41, 5.74) is 0.742. The number of halogens is 1. The van der Waals surface area contributed by atoms with Gasteiger partial charge in [0, 0.05) is 24.5 Å². The van der Waals surface area contributed by atoms with Crippen molar-refractivity contribution in [3.05, 3.63) is 59.7 Å². The van der Waals surface area contributed by atoms with Gasteiger partial charge in [0.15, 0.2) is 0 Å². The van der Waals surface area contributed by atoms with Crippen LogP contribution in [0.15, 0.2) is 42.7 Å². The van der Waals surface area contributed by atoms with Crippen molar-refractivity contribution in [2.45, 2.75) is 6.54 Å². The number of aromatic nitrogens is 1. The van der Waals surface area contributed by atoms with Crippen LogP contribution in [0.25, 0.3) is 0 Å².